The molecule has 148 valence electrons. The molecule has 0 radical (unpaired) electrons. The molecule has 28 heavy (non-hydrogen) atoms. The fourth-order valence-electron chi connectivity index (χ4n) is 3.31. The number of aromatic nitrogens is 1. The van der Waals surface area contributed by atoms with Crippen molar-refractivity contribution in [2.45, 2.75) is 31.9 Å². The zero-order chi connectivity index (χ0) is 19.4. The van der Waals surface area contributed by atoms with Crippen molar-refractivity contribution >= 4 is 12.0 Å². The SMILES string of the molecule is O=C(/C=C\c1cccnc1)NCCCOC1CCN(Cc2ccccc2)CC1. The molecule has 1 aliphatic rings. The van der Waals surface area contributed by atoms with Crippen LogP contribution in [0.15, 0.2) is 60.9 Å². The van der Waals surface area contributed by atoms with Gasteiger partial charge in [-0.2, -0.15) is 0 Å². The minimum Gasteiger partial charge on any atom is -0.378 e. The number of piperidine rings is 1. The minimum absolute atomic E-state index is 0.0851. The van der Waals surface area contributed by atoms with Crippen molar-refractivity contribution in [2.75, 3.05) is 26.2 Å². The fraction of sp³-hybridized carbons (Fsp3) is 0.391. The monoisotopic (exact) mass is 379 g/mol. The van der Waals surface area contributed by atoms with Gasteiger partial charge in [0.05, 0.1) is 6.10 Å². The van der Waals surface area contributed by atoms with Gasteiger partial charge in [-0.05, 0) is 42.5 Å². The van der Waals surface area contributed by atoms with E-state index in [2.05, 4.69) is 45.5 Å². The number of amides is 1. The van der Waals surface area contributed by atoms with Crippen LogP contribution in [0.1, 0.15) is 30.4 Å². The maximum Gasteiger partial charge on any atom is 0.244 e. The van der Waals surface area contributed by atoms with Gasteiger partial charge in [0.2, 0.25) is 5.91 Å². The summed E-state index contributed by atoms with van der Waals surface area (Å²) < 4.78 is 5.99. The molecule has 1 amide bonds. The molecule has 0 atom stereocenters. The van der Waals surface area contributed by atoms with Gasteiger partial charge in [-0.15, -0.1) is 0 Å². The summed E-state index contributed by atoms with van der Waals surface area (Å²) in [6, 6.07) is 14.4. The van der Waals surface area contributed by atoms with Crippen molar-refractivity contribution in [2.24, 2.45) is 0 Å². The van der Waals surface area contributed by atoms with E-state index in [9.17, 15) is 4.79 Å². The highest BCUT2D eigenvalue weighted by atomic mass is 16.5. The van der Waals surface area contributed by atoms with Crippen molar-refractivity contribution in [1.82, 2.24) is 15.2 Å². The van der Waals surface area contributed by atoms with Crippen LogP contribution in [0.5, 0.6) is 0 Å². The number of rotatable bonds is 9. The molecule has 5 nitrogen and oxygen atoms in total. The molecule has 1 N–H and O–H groups in total. The highest BCUT2D eigenvalue weighted by Gasteiger charge is 2.19. The summed E-state index contributed by atoms with van der Waals surface area (Å²) in [7, 11) is 0. The first kappa shape index (κ1) is 20.2. The number of hydrogen-bond acceptors (Lipinski definition) is 4. The maximum atomic E-state index is 11.8. The van der Waals surface area contributed by atoms with E-state index in [0.29, 0.717) is 19.3 Å². The molecular weight excluding hydrogens is 350 g/mol. The summed E-state index contributed by atoms with van der Waals surface area (Å²) in [4.78, 5) is 18.3. The van der Waals surface area contributed by atoms with E-state index in [1.165, 1.54) is 5.56 Å². The minimum atomic E-state index is -0.0851. The molecule has 0 saturated carbocycles. The zero-order valence-electron chi connectivity index (χ0n) is 16.3. The molecule has 2 aromatic rings. The molecule has 5 heteroatoms. The Labute approximate surface area is 167 Å². The van der Waals surface area contributed by atoms with Gasteiger partial charge in [-0.3, -0.25) is 14.7 Å². The van der Waals surface area contributed by atoms with Crippen LogP contribution in [0.4, 0.5) is 0 Å². The summed E-state index contributed by atoms with van der Waals surface area (Å²) in [5.41, 5.74) is 2.29. The molecule has 1 aliphatic heterocycles. The van der Waals surface area contributed by atoms with Crippen molar-refractivity contribution in [1.29, 1.82) is 0 Å². The molecule has 2 heterocycles. The van der Waals surface area contributed by atoms with E-state index in [1.54, 1.807) is 24.5 Å². The smallest absolute Gasteiger partial charge is 0.244 e. The fourth-order valence-corrected chi connectivity index (χ4v) is 3.31. The van der Waals surface area contributed by atoms with Gasteiger partial charge in [0.25, 0.3) is 0 Å². The second-order valence-electron chi connectivity index (χ2n) is 7.10. The third-order valence-electron chi connectivity index (χ3n) is 4.87. The van der Waals surface area contributed by atoms with E-state index in [1.807, 2.05) is 12.1 Å². The second-order valence-corrected chi connectivity index (χ2v) is 7.10. The second kappa shape index (κ2) is 11.4. The molecule has 0 aliphatic carbocycles. The predicted octanol–water partition coefficient (Wildman–Crippen LogP) is 3.28. The Morgan fingerprint density at radius 3 is 2.75 bits per heavy atom. The van der Waals surface area contributed by atoms with Gasteiger partial charge < -0.3 is 10.1 Å². The lowest BCUT2D eigenvalue weighted by Crippen LogP contribution is -2.36. The number of benzene rings is 1. The van der Waals surface area contributed by atoms with Crippen molar-refractivity contribution in [3.63, 3.8) is 0 Å². The molecule has 0 spiro atoms. The Kier molecular flexibility index (Phi) is 8.22. The number of nitrogens with zero attached hydrogens (tertiary/aromatic N) is 2. The van der Waals surface area contributed by atoms with E-state index in [4.69, 9.17) is 4.74 Å². The van der Waals surface area contributed by atoms with Crippen molar-refractivity contribution < 1.29 is 9.53 Å². The van der Waals surface area contributed by atoms with Crippen LogP contribution in [0.2, 0.25) is 0 Å². The van der Waals surface area contributed by atoms with Gasteiger partial charge in [-0.1, -0.05) is 36.4 Å². The molecule has 1 saturated heterocycles. The van der Waals surface area contributed by atoms with Gasteiger partial charge >= 0.3 is 0 Å². The first-order valence-electron chi connectivity index (χ1n) is 10.0. The largest absolute Gasteiger partial charge is 0.378 e. The van der Waals surface area contributed by atoms with Crippen molar-refractivity contribution in [3.05, 3.63) is 72.1 Å². The number of nitrogens with one attached hydrogen (secondary N) is 1. The molecule has 0 unspecified atom stereocenters. The molecule has 1 aromatic carbocycles. The average molecular weight is 380 g/mol. The lowest BCUT2D eigenvalue weighted by molar-refractivity contribution is -0.116. The van der Waals surface area contributed by atoms with Gasteiger partial charge in [0.15, 0.2) is 0 Å². The third-order valence-corrected chi connectivity index (χ3v) is 4.87. The Balaban J connectivity index is 1.23. The van der Waals surface area contributed by atoms with Crippen LogP contribution in [-0.4, -0.2) is 48.1 Å². The van der Waals surface area contributed by atoms with Crippen LogP contribution in [0.25, 0.3) is 6.08 Å². The van der Waals surface area contributed by atoms with Gasteiger partial charge in [0, 0.05) is 51.3 Å². The van der Waals surface area contributed by atoms with Gasteiger partial charge in [-0.25, -0.2) is 0 Å². The third kappa shape index (κ3) is 7.25. The van der Waals surface area contributed by atoms with Gasteiger partial charge in [0.1, 0.15) is 0 Å². The Bertz CT molecular complexity index is 726. The van der Waals surface area contributed by atoms with Crippen molar-refractivity contribution in [3.8, 4) is 0 Å². The molecule has 3 rings (SSSR count). The van der Waals surface area contributed by atoms with Crippen LogP contribution in [0, 0.1) is 0 Å². The topological polar surface area (TPSA) is 54.5 Å². The lowest BCUT2D eigenvalue weighted by atomic mass is 10.1. The van der Waals surface area contributed by atoms with Crippen LogP contribution >= 0.6 is 0 Å². The first-order chi connectivity index (χ1) is 13.8. The molecule has 1 aromatic heterocycles. The summed E-state index contributed by atoms with van der Waals surface area (Å²) in [6.45, 7) is 4.50. The highest BCUT2D eigenvalue weighted by Crippen LogP contribution is 2.16. The maximum absolute atomic E-state index is 11.8. The number of carbonyl (C=O) groups is 1. The Morgan fingerprint density at radius 1 is 1.18 bits per heavy atom. The van der Waals surface area contributed by atoms with E-state index in [0.717, 1.165) is 44.5 Å². The zero-order valence-corrected chi connectivity index (χ0v) is 16.3. The number of pyridine rings is 1. The molecule has 0 bridgehead atoms. The average Bonchev–Trinajstić information content (AvgIpc) is 2.75. The normalized spacial score (nSPS) is 15.7. The van der Waals surface area contributed by atoms with Crippen LogP contribution in [0.3, 0.4) is 0 Å². The van der Waals surface area contributed by atoms with E-state index >= 15 is 0 Å². The molecule has 1 fully saturated rings. The Morgan fingerprint density at radius 2 is 2.00 bits per heavy atom. The van der Waals surface area contributed by atoms with E-state index in [-0.39, 0.29) is 5.91 Å². The highest BCUT2D eigenvalue weighted by molar-refractivity contribution is 5.91. The molecular formula is C23H29N3O2. The van der Waals surface area contributed by atoms with Crippen LogP contribution in [-0.2, 0) is 16.1 Å². The predicted molar refractivity (Wildman–Crippen MR) is 112 cm³/mol. The van der Waals surface area contributed by atoms with E-state index < -0.39 is 0 Å². The number of likely N-dealkylation sites (tertiary alicyclic amines) is 1. The quantitative estimate of drug-likeness (QED) is 0.537. The summed E-state index contributed by atoms with van der Waals surface area (Å²) in [6.07, 6.45) is 10.1. The standard InChI is InChI=1S/C23H29N3O2/c27-23(10-9-20-8-4-13-24-18-20)25-14-5-17-28-22-11-15-26(16-12-22)19-21-6-2-1-3-7-21/h1-4,6-10,13,18,22H,5,11-12,14-17,19H2,(H,25,27)/b10-9-. The first-order valence-corrected chi connectivity index (χ1v) is 10.0. The number of ether oxygens (including phenoxy) is 1. The summed E-state index contributed by atoms with van der Waals surface area (Å²) >= 11 is 0. The lowest BCUT2D eigenvalue weighted by Gasteiger charge is -2.32. The summed E-state index contributed by atoms with van der Waals surface area (Å²) in [5.74, 6) is -0.0851. The Hall–Kier alpha value is -2.50. The summed E-state index contributed by atoms with van der Waals surface area (Å²) in [5, 5.41) is 2.89. The number of hydrogen-bond donors (Lipinski definition) is 1. The number of carbonyl (C=O) groups excluding carboxylic acids is 1. The van der Waals surface area contributed by atoms with Crippen LogP contribution < -0.4 is 5.32 Å².